The van der Waals surface area contributed by atoms with Crippen LogP contribution in [0.3, 0.4) is 0 Å². The van der Waals surface area contributed by atoms with Crippen LogP contribution in [0.15, 0.2) is 23.1 Å². The average Bonchev–Trinajstić information content (AvgIpc) is 3.43. The van der Waals surface area contributed by atoms with Crippen molar-refractivity contribution in [1.29, 1.82) is 0 Å². The highest BCUT2D eigenvalue weighted by Crippen LogP contribution is 2.42. The molecule has 1 aliphatic carbocycles. The van der Waals surface area contributed by atoms with Gasteiger partial charge < -0.3 is 10.0 Å². The highest BCUT2D eigenvalue weighted by atomic mass is 32.2. The van der Waals surface area contributed by atoms with E-state index < -0.39 is 10.0 Å². The zero-order chi connectivity index (χ0) is 19.9. The average molecular weight is 424 g/mol. The minimum absolute atomic E-state index is 0.105. The molecule has 2 aliphatic rings. The number of phenolic OH excluding ortho intramolecular Hbond substituents is 1. The molecule has 1 saturated heterocycles. The van der Waals surface area contributed by atoms with Gasteiger partial charge >= 0.3 is 6.03 Å². The predicted octanol–water partition coefficient (Wildman–Crippen LogP) is 1.97. The van der Waals surface area contributed by atoms with Crippen LogP contribution in [-0.4, -0.2) is 65.1 Å². The highest BCUT2D eigenvalue weighted by molar-refractivity contribution is 7.89. The molecule has 0 bridgehead atoms. The van der Waals surface area contributed by atoms with Crippen LogP contribution in [-0.2, 0) is 10.0 Å². The third-order valence-electron chi connectivity index (χ3n) is 4.84. The first-order chi connectivity index (χ1) is 13.3. The van der Waals surface area contributed by atoms with E-state index in [4.69, 9.17) is 0 Å². The molecular formula is C17H21N5O4S2. The molecule has 0 atom stereocenters. The summed E-state index contributed by atoms with van der Waals surface area (Å²) in [5, 5.41) is 22.2. The molecule has 0 unspecified atom stereocenters. The summed E-state index contributed by atoms with van der Waals surface area (Å²) in [6.45, 7) is 2.60. The van der Waals surface area contributed by atoms with Crippen LogP contribution in [0.5, 0.6) is 5.75 Å². The van der Waals surface area contributed by atoms with Gasteiger partial charge in [0.1, 0.15) is 15.7 Å². The van der Waals surface area contributed by atoms with Crippen molar-refractivity contribution in [2.24, 2.45) is 0 Å². The number of nitrogens with zero attached hydrogens (tertiary/aromatic N) is 4. The number of carbonyl (C=O) groups is 1. The molecule has 2 heterocycles. The minimum Gasteiger partial charge on any atom is -0.507 e. The normalized spacial score (nSPS) is 18.2. The fourth-order valence-electron chi connectivity index (χ4n) is 3.05. The monoisotopic (exact) mass is 423 g/mol. The standard InChI is InChI=1S/C17H21N5O4S2/c1-11-2-5-13(23)14(10-11)28(25,26)22-8-6-21(7-9-22)17(24)18-16-20-19-15(27-16)12-3-4-12/h2,5,10,12,23H,3-4,6-9H2,1H3,(H,18,20,24). The van der Waals surface area contributed by atoms with E-state index in [2.05, 4.69) is 15.5 Å². The molecule has 4 rings (SSSR count). The maximum Gasteiger partial charge on any atom is 0.323 e. The summed E-state index contributed by atoms with van der Waals surface area (Å²) in [7, 11) is -3.82. The molecule has 2 N–H and O–H groups in total. The Hall–Kier alpha value is -2.24. The van der Waals surface area contributed by atoms with Gasteiger partial charge in [-0.1, -0.05) is 17.4 Å². The van der Waals surface area contributed by atoms with Crippen molar-refractivity contribution in [2.45, 2.75) is 30.6 Å². The topological polar surface area (TPSA) is 116 Å². The zero-order valence-electron chi connectivity index (χ0n) is 15.3. The molecule has 2 aromatic rings. The van der Waals surface area contributed by atoms with Gasteiger partial charge in [-0.2, -0.15) is 4.31 Å². The Kier molecular flexibility index (Phi) is 4.98. The maximum atomic E-state index is 12.8. The number of anilines is 1. The van der Waals surface area contributed by atoms with Crippen molar-refractivity contribution in [1.82, 2.24) is 19.4 Å². The van der Waals surface area contributed by atoms with Crippen LogP contribution in [0, 0.1) is 6.92 Å². The molecule has 150 valence electrons. The van der Waals surface area contributed by atoms with Crippen LogP contribution in [0.4, 0.5) is 9.93 Å². The van der Waals surface area contributed by atoms with Crippen LogP contribution >= 0.6 is 11.3 Å². The number of aromatic hydroxyl groups is 1. The summed E-state index contributed by atoms with van der Waals surface area (Å²) < 4.78 is 27.0. The Morgan fingerprint density at radius 1 is 1.21 bits per heavy atom. The number of hydrogen-bond donors (Lipinski definition) is 2. The van der Waals surface area contributed by atoms with E-state index in [9.17, 15) is 18.3 Å². The Labute approximate surface area is 167 Å². The molecule has 1 saturated carbocycles. The molecule has 28 heavy (non-hydrogen) atoms. The van der Waals surface area contributed by atoms with E-state index in [0.717, 1.165) is 23.4 Å². The third kappa shape index (κ3) is 3.82. The Morgan fingerprint density at radius 2 is 1.93 bits per heavy atom. The number of sulfonamides is 1. The molecule has 9 nitrogen and oxygen atoms in total. The third-order valence-corrected chi connectivity index (χ3v) is 7.77. The summed E-state index contributed by atoms with van der Waals surface area (Å²) >= 11 is 1.39. The van der Waals surface area contributed by atoms with Crippen LogP contribution in [0.25, 0.3) is 0 Å². The predicted molar refractivity (Wildman–Crippen MR) is 104 cm³/mol. The first-order valence-electron chi connectivity index (χ1n) is 9.03. The van der Waals surface area contributed by atoms with Crippen LogP contribution < -0.4 is 5.32 Å². The molecule has 2 fully saturated rings. The van der Waals surface area contributed by atoms with Gasteiger partial charge in [0, 0.05) is 32.1 Å². The first kappa shape index (κ1) is 19.1. The first-order valence-corrected chi connectivity index (χ1v) is 11.3. The number of benzene rings is 1. The number of rotatable bonds is 4. The number of phenols is 1. The molecule has 0 radical (unpaired) electrons. The number of aromatic nitrogens is 2. The molecule has 2 amide bonds. The van der Waals surface area contributed by atoms with E-state index in [0.29, 0.717) is 11.0 Å². The Morgan fingerprint density at radius 3 is 2.61 bits per heavy atom. The SMILES string of the molecule is Cc1ccc(O)c(S(=O)(=O)N2CCN(C(=O)Nc3nnc(C4CC4)s3)CC2)c1. The molecule has 11 heteroatoms. The number of urea groups is 1. The van der Waals surface area contributed by atoms with Gasteiger partial charge in [0.2, 0.25) is 15.2 Å². The van der Waals surface area contributed by atoms with Gasteiger partial charge in [0.25, 0.3) is 0 Å². The molecule has 1 aliphatic heterocycles. The minimum atomic E-state index is -3.82. The second-order valence-corrected chi connectivity index (χ2v) is 9.93. The summed E-state index contributed by atoms with van der Waals surface area (Å²) in [5.74, 6) is 0.212. The molecule has 1 aromatic carbocycles. The number of aryl methyl sites for hydroxylation is 1. The maximum absolute atomic E-state index is 12.8. The van der Waals surface area contributed by atoms with E-state index in [-0.39, 0.29) is 42.9 Å². The highest BCUT2D eigenvalue weighted by Gasteiger charge is 2.32. The number of carbonyl (C=O) groups excluding carboxylic acids is 1. The fourth-order valence-corrected chi connectivity index (χ4v) is 5.54. The van der Waals surface area contributed by atoms with Crippen molar-refractivity contribution in [2.75, 3.05) is 31.5 Å². The van der Waals surface area contributed by atoms with Crippen molar-refractivity contribution in [3.05, 3.63) is 28.8 Å². The smallest absolute Gasteiger partial charge is 0.323 e. The Balaban J connectivity index is 1.38. The van der Waals surface area contributed by atoms with Gasteiger partial charge in [-0.15, -0.1) is 10.2 Å². The zero-order valence-corrected chi connectivity index (χ0v) is 17.0. The van der Waals surface area contributed by atoms with Crippen LogP contribution in [0.2, 0.25) is 0 Å². The quantitative estimate of drug-likeness (QED) is 0.777. The van der Waals surface area contributed by atoms with Crippen molar-refractivity contribution < 1.29 is 18.3 Å². The summed E-state index contributed by atoms with van der Waals surface area (Å²) in [4.78, 5) is 13.9. The van der Waals surface area contributed by atoms with Crippen molar-refractivity contribution >= 4 is 32.5 Å². The second kappa shape index (κ2) is 7.30. The number of nitrogens with one attached hydrogen (secondary N) is 1. The van der Waals surface area contributed by atoms with Gasteiger partial charge in [0.05, 0.1) is 0 Å². The largest absolute Gasteiger partial charge is 0.507 e. The lowest BCUT2D eigenvalue weighted by molar-refractivity contribution is 0.184. The van der Waals surface area contributed by atoms with Gasteiger partial charge in [0.15, 0.2) is 0 Å². The fraction of sp³-hybridized carbons (Fsp3) is 0.471. The number of hydrogen-bond acceptors (Lipinski definition) is 7. The lowest BCUT2D eigenvalue weighted by Gasteiger charge is -2.33. The lowest BCUT2D eigenvalue weighted by atomic mass is 10.2. The lowest BCUT2D eigenvalue weighted by Crippen LogP contribution is -2.51. The Bertz CT molecular complexity index is 995. The summed E-state index contributed by atoms with van der Waals surface area (Å²) in [6, 6.07) is 4.17. The van der Waals surface area contributed by atoms with Crippen molar-refractivity contribution in [3.63, 3.8) is 0 Å². The van der Waals surface area contributed by atoms with Crippen molar-refractivity contribution in [3.8, 4) is 5.75 Å². The van der Waals surface area contributed by atoms with Gasteiger partial charge in [-0.3, -0.25) is 5.32 Å². The second-order valence-electron chi connectivity index (χ2n) is 7.01. The van der Waals surface area contributed by atoms with E-state index in [1.54, 1.807) is 17.9 Å². The van der Waals surface area contributed by atoms with E-state index >= 15 is 0 Å². The van der Waals surface area contributed by atoms with Gasteiger partial charge in [-0.05, 0) is 37.5 Å². The number of piperazine rings is 1. The van der Waals surface area contributed by atoms with Crippen LogP contribution in [0.1, 0.15) is 29.3 Å². The summed E-state index contributed by atoms with van der Waals surface area (Å²) in [5.41, 5.74) is 0.747. The van der Waals surface area contributed by atoms with E-state index in [1.807, 2.05) is 0 Å². The van der Waals surface area contributed by atoms with Gasteiger partial charge in [-0.25, -0.2) is 13.2 Å². The molecule has 0 spiro atoms. The number of amides is 2. The molecular weight excluding hydrogens is 402 g/mol. The summed E-state index contributed by atoms with van der Waals surface area (Å²) in [6.07, 6.45) is 2.24. The van der Waals surface area contributed by atoms with E-state index in [1.165, 1.54) is 27.8 Å². The molecule has 1 aromatic heterocycles.